The highest BCUT2D eigenvalue weighted by atomic mass is 35.5. The van der Waals surface area contributed by atoms with Crippen molar-refractivity contribution in [3.05, 3.63) is 52.0 Å². The van der Waals surface area contributed by atoms with Crippen LogP contribution in [-0.2, 0) is 0 Å². The molecule has 0 bridgehead atoms. The molecule has 0 aliphatic heterocycles. The van der Waals surface area contributed by atoms with Crippen LogP contribution in [0.25, 0.3) is 0 Å². The maximum Gasteiger partial charge on any atom is 0.250 e. The fourth-order valence-corrected chi connectivity index (χ4v) is 2.78. The SMILES string of the molecule is Cc1cc(C)cc(N(C)c2c(Cl)cc(N)cc2C(N)=O)c1. The Labute approximate surface area is 129 Å². The second kappa shape index (κ2) is 5.66. The number of aryl methyl sites for hydroxylation is 2. The number of carbonyl (C=O) groups is 1. The lowest BCUT2D eigenvalue weighted by Crippen LogP contribution is -2.19. The van der Waals surface area contributed by atoms with Crippen LogP contribution < -0.4 is 16.4 Å². The van der Waals surface area contributed by atoms with Gasteiger partial charge in [-0.15, -0.1) is 0 Å². The lowest BCUT2D eigenvalue weighted by molar-refractivity contribution is 0.100. The van der Waals surface area contributed by atoms with Crippen molar-refractivity contribution in [3.8, 4) is 0 Å². The summed E-state index contributed by atoms with van der Waals surface area (Å²) in [5.74, 6) is -0.560. The van der Waals surface area contributed by atoms with E-state index in [9.17, 15) is 4.79 Å². The zero-order valence-corrected chi connectivity index (χ0v) is 13.0. The third-order valence-electron chi connectivity index (χ3n) is 3.28. The summed E-state index contributed by atoms with van der Waals surface area (Å²) in [6.07, 6.45) is 0. The quantitative estimate of drug-likeness (QED) is 0.854. The van der Waals surface area contributed by atoms with Gasteiger partial charge in [0.1, 0.15) is 0 Å². The molecular weight excluding hydrogens is 286 g/mol. The fraction of sp³-hybridized carbons (Fsp3) is 0.188. The van der Waals surface area contributed by atoms with Crippen LogP contribution in [0.4, 0.5) is 17.1 Å². The summed E-state index contributed by atoms with van der Waals surface area (Å²) in [6.45, 7) is 4.04. The van der Waals surface area contributed by atoms with Crippen LogP contribution in [0, 0.1) is 13.8 Å². The third-order valence-corrected chi connectivity index (χ3v) is 3.57. The van der Waals surface area contributed by atoms with Gasteiger partial charge in [-0.3, -0.25) is 4.79 Å². The highest BCUT2D eigenvalue weighted by Crippen LogP contribution is 2.36. The molecule has 0 saturated carbocycles. The standard InChI is InChI=1S/C16H18ClN3O/c1-9-4-10(2)6-12(5-9)20(3)15-13(16(19)21)7-11(18)8-14(15)17/h4-8H,18H2,1-3H3,(H2,19,21). The normalized spacial score (nSPS) is 10.5. The number of benzene rings is 2. The minimum Gasteiger partial charge on any atom is -0.399 e. The van der Waals surface area contributed by atoms with Crippen molar-refractivity contribution in [2.75, 3.05) is 17.7 Å². The summed E-state index contributed by atoms with van der Waals surface area (Å²) < 4.78 is 0. The van der Waals surface area contributed by atoms with Crippen molar-refractivity contribution >= 4 is 34.6 Å². The first-order valence-electron chi connectivity index (χ1n) is 6.50. The second-order valence-corrected chi connectivity index (χ2v) is 5.58. The Hall–Kier alpha value is -2.20. The Morgan fingerprint density at radius 2 is 1.67 bits per heavy atom. The molecule has 0 spiro atoms. The van der Waals surface area contributed by atoms with Crippen LogP contribution in [0.15, 0.2) is 30.3 Å². The number of rotatable bonds is 3. The highest BCUT2D eigenvalue weighted by Gasteiger charge is 2.18. The van der Waals surface area contributed by atoms with Gasteiger partial charge >= 0.3 is 0 Å². The van der Waals surface area contributed by atoms with Crippen molar-refractivity contribution in [3.63, 3.8) is 0 Å². The Bertz CT molecular complexity index is 693. The summed E-state index contributed by atoms with van der Waals surface area (Å²) in [6, 6.07) is 9.27. The van der Waals surface area contributed by atoms with Gasteiger partial charge in [-0.2, -0.15) is 0 Å². The molecule has 0 aliphatic carbocycles. The number of amides is 1. The summed E-state index contributed by atoms with van der Waals surface area (Å²) in [4.78, 5) is 13.5. The molecule has 1 amide bonds. The van der Waals surface area contributed by atoms with Gasteiger partial charge in [0.05, 0.1) is 16.3 Å². The van der Waals surface area contributed by atoms with Crippen LogP contribution >= 0.6 is 11.6 Å². The lowest BCUT2D eigenvalue weighted by atomic mass is 10.1. The van der Waals surface area contributed by atoms with E-state index in [2.05, 4.69) is 6.07 Å². The lowest BCUT2D eigenvalue weighted by Gasteiger charge is -2.24. The first-order chi connectivity index (χ1) is 9.79. The van der Waals surface area contributed by atoms with E-state index in [1.165, 1.54) is 0 Å². The average molecular weight is 304 g/mol. The average Bonchev–Trinajstić information content (AvgIpc) is 2.35. The molecule has 4 N–H and O–H groups in total. The van der Waals surface area contributed by atoms with Crippen LogP contribution in [0.2, 0.25) is 5.02 Å². The van der Waals surface area contributed by atoms with Crippen molar-refractivity contribution < 1.29 is 4.79 Å². The second-order valence-electron chi connectivity index (χ2n) is 5.17. The van der Waals surface area contributed by atoms with E-state index in [4.69, 9.17) is 23.1 Å². The van der Waals surface area contributed by atoms with E-state index < -0.39 is 5.91 Å². The molecule has 0 unspecified atom stereocenters. The van der Waals surface area contributed by atoms with Gasteiger partial charge < -0.3 is 16.4 Å². The number of nitrogen functional groups attached to an aromatic ring is 1. The highest BCUT2D eigenvalue weighted by molar-refractivity contribution is 6.34. The number of anilines is 3. The van der Waals surface area contributed by atoms with Gasteiger partial charge in [-0.25, -0.2) is 0 Å². The Morgan fingerprint density at radius 3 is 2.19 bits per heavy atom. The number of halogens is 1. The van der Waals surface area contributed by atoms with Crippen LogP contribution in [0.5, 0.6) is 0 Å². The van der Waals surface area contributed by atoms with Gasteiger partial charge in [0.2, 0.25) is 0 Å². The number of primary amides is 1. The van der Waals surface area contributed by atoms with Crippen molar-refractivity contribution in [1.82, 2.24) is 0 Å². The number of hydrogen-bond acceptors (Lipinski definition) is 3. The van der Waals surface area contributed by atoms with E-state index in [1.54, 1.807) is 12.1 Å². The third kappa shape index (κ3) is 3.11. The molecule has 0 aliphatic rings. The first kappa shape index (κ1) is 15.2. The minimum atomic E-state index is -0.560. The Kier molecular flexibility index (Phi) is 4.09. The number of nitrogens with two attached hydrogens (primary N) is 2. The molecule has 0 radical (unpaired) electrons. The zero-order chi connectivity index (χ0) is 15.7. The molecule has 0 atom stereocenters. The summed E-state index contributed by atoms with van der Waals surface area (Å²) in [7, 11) is 1.85. The molecule has 110 valence electrons. The smallest absolute Gasteiger partial charge is 0.250 e. The van der Waals surface area contributed by atoms with E-state index in [0.717, 1.165) is 16.8 Å². The van der Waals surface area contributed by atoms with Gasteiger partial charge in [0, 0.05) is 18.4 Å². The Balaban J connectivity index is 2.62. The molecule has 0 aromatic heterocycles. The molecule has 2 aromatic rings. The maximum atomic E-state index is 11.7. The molecular formula is C16H18ClN3O. The monoisotopic (exact) mass is 303 g/mol. The molecule has 2 aromatic carbocycles. The molecule has 0 fully saturated rings. The molecule has 2 rings (SSSR count). The van der Waals surface area contributed by atoms with E-state index in [0.29, 0.717) is 22.0 Å². The van der Waals surface area contributed by atoms with Crippen LogP contribution in [-0.4, -0.2) is 13.0 Å². The minimum absolute atomic E-state index is 0.307. The molecule has 0 saturated heterocycles. The predicted molar refractivity (Wildman–Crippen MR) is 88.4 cm³/mol. The molecule has 21 heavy (non-hydrogen) atoms. The summed E-state index contributed by atoms with van der Waals surface area (Å²) in [5.41, 5.74) is 15.7. The van der Waals surface area contributed by atoms with Gasteiger partial charge in [-0.1, -0.05) is 17.7 Å². The number of hydrogen-bond donors (Lipinski definition) is 2. The fourth-order valence-electron chi connectivity index (χ4n) is 2.42. The molecule has 0 heterocycles. The van der Waals surface area contributed by atoms with Crippen LogP contribution in [0.1, 0.15) is 21.5 Å². The van der Waals surface area contributed by atoms with Crippen molar-refractivity contribution in [2.24, 2.45) is 5.73 Å². The molecule has 4 nitrogen and oxygen atoms in total. The van der Waals surface area contributed by atoms with Crippen LogP contribution in [0.3, 0.4) is 0 Å². The summed E-state index contributed by atoms with van der Waals surface area (Å²) >= 11 is 6.27. The first-order valence-corrected chi connectivity index (χ1v) is 6.88. The topological polar surface area (TPSA) is 72.3 Å². The van der Waals surface area contributed by atoms with E-state index in [-0.39, 0.29) is 0 Å². The molecule has 5 heteroatoms. The number of nitrogens with zero attached hydrogens (tertiary/aromatic N) is 1. The van der Waals surface area contributed by atoms with Gasteiger partial charge in [-0.05, 0) is 49.2 Å². The zero-order valence-electron chi connectivity index (χ0n) is 12.3. The predicted octanol–water partition coefficient (Wildman–Crippen LogP) is 3.41. The Morgan fingerprint density at radius 1 is 1.10 bits per heavy atom. The maximum absolute atomic E-state index is 11.7. The summed E-state index contributed by atoms with van der Waals surface area (Å²) in [5, 5.41) is 0.394. The number of carbonyl (C=O) groups excluding carboxylic acids is 1. The van der Waals surface area contributed by atoms with Crippen molar-refractivity contribution in [1.29, 1.82) is 0 Å². The van der Waals surface area contributed by atoms with Gasteiger partial charge in [0.15, 0.2) is 0 Å². The van der Waals surface area contributed by atoms with Crippen molar-refractivity contribution in [2.45, 2.75) is 13.8 Å². The van der Waals surface area contributed by atoms with E-state index in [1.807, 2.05) is 37.9 Å². The van der Waals surface area contributed by atoms with Gasteiger partial charge in [0.25, 0.3) is 5.91 Å². The van der Waals surface area contributed by atoms with E-state index >= 15 is 0 Å². The largest absolute Gasteiger partial charge is 0.399 e.